The van der Waals surface area contributed by atoms with E-state index in [0.29, 0.717) is 18.5 Å². The van der Waals surface area contributed by atoms with Crippen LogP contribution >= 0.6 is 0 Å². The second-order valence-electron chi connectivity index (χ2n) is 7.06. The van der Waals surface area contributed by atoms with Crippen LogP contribution in [0, 0.1) is 17.2 Å². The average molecular weight is 338 g/mol. The van der Waals surface area contributed by atoms with E-state index in [-0.39, 0.29) is 23.8 Å². The summed E-state index contributed by atoms with van der Waals surface area (Å²) in [7, 11) is 0. The largest absolute Gasteiger partial charge is 0.396 e. The highest BCUT2D eigenvalue weighted by molar-refractivity contribution is 5.97. The smallest absolute Gasteiger partial charge is 0.251 e. The van der Waals surface area contributed by atoms with Crippen LogP contribution in [-0.4, -0.2) is 36.1 Å². The van der Waals surface area contributed by atoms with Crippen LogP contribution in [0.1, 0.15) is 44.5 Å². The summed E-state index contributed by atoms with van der Waals surface area (Å²) >= 11 is 0. The zero-order valence-corrected chi connectivity index (χ0v) is 14.7. The Morgan fingerprint density at radius 3 is 2.29 bits per heavy atom. The molecule has 6 heteroatoms. The van der Waals surface area contributed by atoms with Crippen LogP contribution in [-0.2, 0) is 4.79 Å². The van der Waals surface area contributed by atoms with Gasteiger partial charge in [-0.15, -0.1) is 0 Å². The van der Waals surface area contributed by atoms with Crippen LogP contribution in [0.25, 0.3) is 0 Å². The van der Waals surface area contributed by atoms with Crippen molar-refractivity contribution in [2.45, 2.75) is 40.2 Å². The van der Waals surface area contributed by atoms with E-state index >= 15 is 0 Å². The van der Waals surface area contributed by atoms with Gasteiger partial charge >= 0.3 is 0 Å². The highest BCUT2D eigenvalue weighted by Gasteiger charge is 2.26. The van der Waals surface area contributed by atoms with Crippen molar-refractivity contribution in [1.82, 2.24) is 10.6 Å². The van der Waals surface area contributed by atoms with Gasteiger partial charge in [0.2, 0.25) is 5.91 Å². The van der Waals surface area contributed by atoms with Gasteiger partial charge in [-0.3, -0.25) is 9.59 Å². The van der Waals surface area contributed by atoms with Crippen molar-refractivity contribution in [3.63, 3.8) is 0 Å². The maximum Gasteiger partial charge on any atom is 0.251 e. The van der Waals surface area contributed by atoms with E-state index in [1.807, 2.05) is 27.7 Å². The van der Waals surface area contributed by atoms with Gasteiger partial charge in [0.15, 0.2) is 0 Å². The lowest BCUT2D eigenvalue weighted by molar-refractivity contribution is -0.124. The Kier molecular flexibility index (Phi) is 7.35. The molecule has 1 unspecified atom stereocenters. The van der Waals surface area contributed by atoms with Crippen LogP contribution < -0.4 is 10.6 Å². The van der Waals surface area contributed by atoms with E-state index < -0.39 is 17.8 Å². The van der Waals surface area contributed by atoms with E-state index in [1.54, 1.807) is 0 Å². The molecule has 1 aromatic carbocycles. The molecule has 1 rings (SSSR count). The molecule has 2 amide bonds. The van der Waals surface area contributed by atoms with Crippen LogP contribution in [0.15, 0.2) is 24.3 Å². The Hall–Kier alpha value is -1.95. The molecule has 0 aliphatic carbocycles. The minimum atomic E-state index is -0.688. The number of hydrogen-bond donors (Lipinski definition) is 3. The van der Waals surface area contributed by atoms with Gasteiger partial charge in [0.25, 0.3) is 5.91 Å². The minimum Gasteiger partial charge on any atom is -0.396 e. The normalized spacial score (nSPS) is 12.8. The Balaban J connectivity index is 2.70. The number of aliphatic hydroxyl groups excluding tert-OH is 1. The number of carbonyl (C=O) groups is 2. The molecule has 1 aromatic rings. The predicted octanol–water partition coefficient (Wildman–Crippen LogP) is 2.10. The third kappa shape index (κ3) is 6.28. The standard InChI is InChI=1S/C18H27FN2O3/c1-12(2)15(17(24)20-11-18(3,4)9-10-22)21-16(23)13-5-7-14(19)8-6-13/h5-8,12,15,22H,9-11H2,1-4H3,(H,20,24)(H,21,23). The fourth-order valence-electron chi connectivity index (χ4n) is 2.19. The number of halogens is 1. The first-order valence-corrected chi connectivity index (χ1v) is 8.11. The number of nitrogens with one attached hydrogen (secondary N) is 2. The average Bonchev–Trinajstić information content (AvgIpc) is 2.50. The third-order valence-electron chi connectivity index (χ3n) is 3.87. The number of amides is 2. The van der Waals surface area contributed by atoms with Gasteiger partial charge in [-0.05, 0) is 42.0 Å². The molecule has 134 valence electrons. The van der Waals surface area contributed by atoms with Crippen molar-refractivity contribution in [3.05, 3.63) is 35.6 Å². The minimum absolute atomic E-state index is 0.0534. The van der Waals surface area contributed by atoms with Gasteiger partial charge in [0.1, 0.15) is 11.9 Å². The van der Waals surface area contributed by atoms with Crippen LogP contribution in [0.3, 0.4) is 0 Å². The molecule has 24 heavy (non-hydrogen) atoms. The number of benzene rings is 1. The predicted molar refractivity (Wildman–Crippen MR) is 91.0 cm³/mol. The fourth-order valence-corrected chi connectivity index (χ4v) is 2.19. The molecule has 0 radical (unpaired) electrons. The number of hydrogen-bond acceptors (Lipinski definition) is 3. The van der Waals surface area contributed by atoms with E-state index in [4.69, 9.17) is 5.11 Å². The first-order chi connectivity index (χ1) is 11.2. The van der Waals surface area contributed by atoms with E-state index in [0.717, 1.165) is 0 Å². The van der Waals surface area contributed by atoms with Crippen LogP contribution in [0.2, 0.25) is 0 Å². The molecule has 1 atom stereocenters. The van der Waals surface area contributed by atoms with Crippen molar-refractivity contribution in [2.75, 3.05) is 13.2 Å². The molecule has 0 saturated heterocycles. The molecule has 0 bridgehead atoms. The van der Waals surface area contributed by atoms with Gasteiger partial charge in [0.05, 0.1) is 0 Å². The van der Waals surface area contributed by atoms with Gasteiger partial charge in [-0.1, -0.05) is 27.7 Å². The SMILES string of the molecule is CC(C)C(NC(=O)c1ccc(F)cc1)C(=O)NCC(C)(C)CCO. The summed E-state index contributed by atoms with van der Waals surface area (Å²) in [5.41, 5.74) is 0.0721. The lowest BCUT2D eigenvalue weighted by Gasteiger charge is -2.27. The number of rotatable bonds is 8. The Bertz CT molecular complexity index is 556. The van der Waals surface area contributed by atoms with Crippen molar-refractivity contribution in [2.24, 2.45) is 11.3 Å². The summed E-state index contributed by atoms with van der Waals surface area (Å²) in [5.74, 6) is -1.21. The molecular formula is C18H27FN2O3. The van der Waals surface area contributed by atoms with Crippen molar-refractivity contribution < 1.29 is 19.1 Å². The number of aliphatic hydroxyl groups is 1. The first-order valence-electron chi connectivity index (χ1n) is 8.11. The summed E-state index contributed by atoms with van der Waals surface area (Å²) in [6.07, 6.45) is 0.571. The molecule has 0 aromatic heterocycles. The Labute approximate surface area is 142 Å². The molecule has 0 aliphatic heterocycles. The lowest BCUT2D eigenvalue weighted by atomic mass is 9.89. The lowest BCUT2D eigenvalue weighted by Crippen LogP contribution is -2.51. The monoisotopic (exact) mass is 338 g/mol. The van der Waals surface area contributed by atoms with Crippen molar-refractivity contribution in [1.29, 1.82) is 0 Å². The summed E-state index contributed by atoms with van der Waals surface area (Å²) in [5, 5.41) is 14.6. The van der Waals surface area contributed by atoms with Gasteiger partial charge in [-0.2, -0.15) is 0 Å². The van der Waals surface area contributed by atoms with Crippen molar-refractivity contribution in [3.8, 4) is 0 Å². The van der Waals surface area contributed by atoms with E-state index in [2.05, 4.69) is 10.6 Å². The second-order valence-corrected chi connectivity index (χ2v) is 7.06. The molecule has 5 nitrogen and oxygen atoms in total. The van der Waals surface area contributed by atoms with Crippen LogP contribution in [0.5, 0.6) is 0 Å². The topological polar surface area (TPSA) is 78.4 Å². The second kappa shape index (κ2) is 8.78. The Morgan fingerprint density at radius 2 is 1.79 bits per heavy atom. The summed E-state index contributed by atoms with van der Waals surface area (Å²) in [6, 6.07) is 4.48. The maximum atomic E-state index is 12.9. The first kappa shape index (κ1) is 20.1. The molecule has 0 aliphatic rings. The molecule has 0 saturated carbocycles. The fraction of sp³-hybridized carbons (Fsp3) is 0.556. The zero-order chi connectivity index (χ0) is 18.3. The summed E-state index contributed by atoms with van der Waals surface area (Å²) in [6.45, 7) is 8.04. The highest BCUT2D eigenvalue weighted by Crippen LogP contribution is 2.18. The summed E-state index contributed by atoms with van der Waals surface area (Å²) < 4.78 is 12.9. The highest BCUT2D eigenvalue weighted by atomic mass is 19.1. The maximum absolute atomic E-state index is 12.9. The molecular weight excluding hydrogens is 311 g/mol. The molecule has 3 N–H and O–H groups in total. The molecule has 0 heterocycles. The number of carbonyl (C=O) groups excluding carboxylic acids is 2. The van der Waals surface area contributed by atoms with Gasteiger partial charge in [-0.25, -0.2) is 4.39 Å². The zero-order valence-electron chi connectivity index (χ0n) is 14.7. The van der Waals surface area contributed by atoms with E-state index in [1.165, 1.54) is 24.3 Å². The van der Waals surface area contributed by atoms with Crippen LogP contribution in [0.4, 0.5) is 4.39 Å². The van der Waals surface area contributed by atoms with Gasteiger partial charge in [0, 0.05) is 18.7 Å². The molecule has 0 fully saturated rings. The summed E-state index contributed by atoms with van der Waals surface area (Å²) in [4.78, 5) is 24.6. The van der Waals surface area contributed by atoms with Gasteiger partial charge < -0.3 is 15.7 Å². The Morgan fingerprint density at radius 1 is 1.21 bits per heavy atom. The van der Waals surface area contributed by atoms with E-state index in [9.17, 15) is 14.0 Å². The third-order valence-corrected chi connectivity index (χ3v) is 3.87. The van der Waals surface area contributed by atoms with Crippen molar-refractivity contribution >= 4 is 11.8 Å². The quantitative estimate of drug-likeness (QED) is 0.679. The molecule has 0 spiro atoms.